The smallest absolute Gasteiger partial charge is 0.294 e. The zero-order valence-electron chi connectivity index (χ0n) is 10.1. The highest BCUT2D eigenvalue weighted by Gasteiger charge is 2.10. The minimum Gasteiger partial charge on any atom is -0.487 e. The SMILES string of the molecule is Cc1cc(Br)ccc1OCc1csc(C(=O)NN)n1. The Morgan fingerprint density at radius 3 is 3.05 bits per heavy atom. The normalized spacial score (nSPS) is 10.3. The summed E-state index contributed by atoms with van der Waals surface area (Å²) >= 11 is 4.63. The lowest BCUT2D eigenvalue weighted by Gasteiger charge is -2.07. The van der Waals surface area contributed by atoms with Crippen LogP contribution in [0.25, 0.3) is 0 Å². The molecular formula is C12H12BrN3O2S. The summed E-state index contributed by atoms with van der Waals surface area (Å²) < 4.78 is 6.67. The summed E-state index contributed by atoms with van der Waals surface area (Å²) in [5.74, 6) is 5.44. The molecular weight excluding hydrogens is 330 g/mol. The monoisotopic (exact) mass is 341 g/mol. The molecule has 0 atom stereocenters. The van der Waals surface area contributed by atoms with Gasteiger partial charge in [-0.3, -0.25) is 10.2 Å². The number of benzene rings is 1. The van der Waals surface area contributed by atoms with Crippen LogP contribution in [0.4, 0.5) is 0 Å². The molecule has 0 saturated heterocycles. The van der Waals surface area contributed by atoms with E-state index < -0.39 is 5.91 Å². The summed E-state index contributed by atoms with van der Waals surface area (Å²) in [6, 6.07) is 5.78. The molecule has 0 saturated carbocycles. The van der Waals surface area contributed by atoms with Crippen LogP contribution in [0.15, 0.2) is 28.1 Å². The maximum Gasteiger partial charge on any atom is 0.294 e. The number of hydrogen-bond acceptors (Lipinski definition) is 5. The zero-order valence-corrected chi connectivity index (χ0v) is 12.5. The van der Waals surface area contributed by atoms with E-state index in [1.807, 2.05) is 30.5 Å². The van der Waals surface area contributed by atoms with E-state index >= 15 is 0 Å². The predicted octanol–water partition coefficient (Wildman–Crippen LogP) is 2.40. The van der Waals surface area contributed by atoms with E-state index in [4.69, 9.17) is 10.6 Å². The van der Waals surface area contributed by atoms with Gasteiger partial charge in [-0.1, -0.05) is 15.9 Å². The van der Waals surface area contributed by atoms with Crippen molar-refractivity contribution in [3.8, 4) is 5.75 Å². The van der Waals surface area contributed by atoms with E-state index in [2.05, 4.69) is 20.9 Å². The van der Waals surface area contributed by atoms with Gasteiger partial charge >= 0.3 is 0 Å². The number of halogens is 1. The second-order valence-corrected chi connectivity index (χ2v) is 5.59. The number of carbonyl (C=O) groups is 1. The van der Waals surface area contributed by atoms with Crippen LogP contribution in [0.1, 0.15) is 21.1 Å². The largest absolute Gasteiger partial charge is 0.487 e. The van der Waals surface area contributed by atoms with Gasteiger partial charge in [0, 0.05) is 9.85 Å². The van der Waals surface area contributed by atoms with Crippen LogP contribution in [-0.4, -0.2) is 10.9 Å². The van der Waals surface area contributed by atoms with Crippen molar-refractivity contribution in [2.75, 3.05) is 0 Å². The Kier molecular flexibility index (Phi) is 4.52. The highest BCUT2D eigenvalue weighted by atomic mass is 79.9. The minimum absolute atomic E-state index is 0.316. The average Bonchev–Trinajstić information content (AvgIpc) is 2.85. The Bertz CT molecular complexity index is 600. The van der Waals surface area contributed by atoms with Gasteiger partial charge < -0.3 is 4.74 Å². The quantitative estimate of drug-likeness (QED) is 0.508. The van der Waals surface area contributed by atoms with Gasteiger partial charge in [-0.15, -0.1) is 11.3 Å². The number of hydrogen-bond donors (Lipinski definition) is 2. The number of hydrazine groups is 1. The molecule has 1 aromatic heterocycles. The molecule has 0 aliphatic rings. The molecule has 5 nitrogen and oxygen atoms in total. The summed E-state index contributed by atoms with van der Waals surface area (Å²) in [5.41, 5.74) is 3.78. The lowest BCUT2D eigenvalue weighted by molar-refractivity contribution is 0.0953. The van der Waals surface area contributed by atoms with Crippen LogP contribution in [-0.2, 0) is 6.61 Å². The second-order valence-electron chi connectivity index (χ2n) is 3.82. The molecule has 1 heterocycles. The third-order valence-electron chi connectivity index (χ3n) is 2.39. The van der Waals surface area contributed by atoms with Crippen LogP contribution >= 0.6 is 27.3 Å². The molecule has 0 aliphatic heterocycles. The van der Waals surface area contributed by atoms with E-state index in [0.29, 0.717) is 17.3 Å². The average molecular weight is 342 g/mol. The number of aryl methyl sites for hydroxylation is 1. The van der Waals surface area contributed by atoms with Gasteiger partial charge in [-0.05, 0) is 30.7 Å². The molecule has 7 heteroatoms. The van der Waals surface area contributed by atoms with Crippen molar-refractivity contribution >= 4 is 33.2 Å². The van der Waals surface area contributed by atoms with Crippen LogP contribution < -0.4 is 16.0 Å². The van der Waals surface area contributed by atoms with Crippen molar-refractivity contribution in [2.45, 2.75) is 13.5 Å². The predicted molar refractivity (Wildman–Crippen MR) is 77.0 cm³/mol. The van der Waals surface area contributed by atoms with Crippen molar-refractivity contribution in [1.29, 1.82) is 0 Å². The first-order chi connectivity index (χ1) is 9.10. The first-order valence-corrected chi connectivity index (χ1v) is 7.11. The van der Waals surface area contributed by atoms with Gasteiger partial charge in [0.1, 0.15) is 12.4 Å². The molecule has 3 N–H and O–H groups in total. The fraction of sp³-hybridized carbons (Fsp3) is 0.167. The summed E-state index contributed by atoms with van der Waals surface area (Å²) in [4.78, 5) is 15.4. The second kappa shape index (κ2) is 6.14. The van der Waals surface area contributed by atoms with E-state index in [-0.39, 0.29) is 0 Å². The molecule has 0 bridgehead atoms. The maximum absolute atomic E-state index is 11.3. The topological polar surface area (TPSA) is 77.2 Å². The summed E-state index contributed by atoms with van der Waals surface area (Å²) in [7, 11) is 0. The zero-order chi connectivity index (χ0) is 13.8. The Morgan fingerprint density at radius 1 is 1.58 bits per heavy atom. The molecule has 0 fully saturated rings. The highest BCUT2D eigenvalue weighted by molar-refractivity contribution is 9.10. The standard InChI is InChI=1S/C12H12BrN3O2S/c1-7-4-8(13)2-3-10(7)18-5-9-6-19-12(15-9)11(17)16-14/h2-4,6H,5,14H2,1H3,(H,16,17). The fourth-order valence-corrected chi connectivity index (χ4v) is 2.65. The van der Waals surface area contributed by atoms with Crippen LogP contribution in [0.3, 0.4) is 0 Å². The van der Waals surface area contributed by atoms with Crippen molar-refractivity contribution in [2.24, 2.45) is 5.84 Å². The maximum atomic E-state index is 11.3. The van der Waals surface area contributed by atoms with Gasteiger partial charge in [0.2, 0.25) is 0 Å². The summed E-state index contributed by atoms with van der Waals surface area (Å²) in [6.07, 6.45) is 0. The number of thiazole rings is 1. The number of nitrogens with two attached hydrogens (primary N) is 1. The Labute approximate surface area is 122 Å². The molecule has 0 spiro atoms. The number of nitrogens with zero attached hydrogens (tertiary/aromatic N) is 1. The van der Waals surface area contributed by atoms with Gasteiger partial charge in [0.15, 0.2) is 5.01 Å². The number of nitrogen functional groups attached to an aromatic ring is 1. The number of rotatable bonds is 4. The summed E-state index contributed by atoms with van der Waals surface area (Å²) in [6.45, 7) is 2.28. The lowest BCUT2D eigenvalue weighted by Crippen LogP contribution is -2.29. The number of nitrogens with one attached hydrogen (secondary N) is 1. The highest BCUT2D eigenvalue weighted by Crippen LogP contribution is 2.23. The third-order valence-corrected chi connectivity index (χ3v) is 3.77. The molecule has 1 aromatic carbocycles. The Hall–Kier alpha value is -1.44. The van der Waals surface area contributed by atoms with Gasteiger partial charge in [-0.2, -0.15) is 0 Å². The lowest BCUT2D eigenvalue weighted by atomic mass is 10.2. The minimum atomic E-state index is -0.393. The van der Waals surface area contributed by atoms with E-state index in [9.17, 15) is 4.79 Å². The molecule has 0 radical (unpaired) electrons. The van der Waals surface area contributed by atoms with Gasteiger partial charge in [0.25, 0.3) is 5.91 Å². The number of carbonyl (C=O) groups excluding carboxylic acids is 1. The van der Waals surface area contributed by atoms with Gasteiger partial charge in [0.05, 0.1) is 5.69 Å². The molecule has 2 aromatic rings. The molecule has 2 rings (SSSR count). The number of aromatic nitrogens is 1. The van der Waals surface area contributed by atoms with Crippen molar-refractivity contribution in [3.05, 3.63) is 44.3 Å². The van der Waals surface area contributed by atoms with Crippen molar-refractivity contribution < 1.29 is 9.53 Å². The van der Waals surface area contributed by atoms with Crippen molar-refractivity contribution in [3.63, 3.8) is 0 Å². The first kappa shape index (κ1) is 14.0. The van der Waals surface area contributed by atoms with Crippen LogP contribution in [0.5, 0.6) is 5.75 Å². The van der Waals surface area contributed by atoms with Crippen LogP contribution in [0.2, 0.25) is 0 Å². The van der Waals surface area contributed by atoms with Crippen molar-refractivity contribution in [1.82, 2.24) is 10.4 Å². The molecule has 100 valence electrons. The Balaban J connectivity index is 2.02. The fourth-order valence-electron chi connectivity index (χ4n) is 1.47. The number of ether oxygens (including phenoxy) is 1. The van der Waals surface area contributed by atoms with Crippen LogP contribution in [0, 0.1) is 6.92 Å². The first-order valence-electron chi connectivity index (χ1n) is 5.44. The van der Waals surface area contributed by atoms with Gasteiger partial charge in [-0.25, -0.2) is 10.8 Å². The van der Waals surface area contributed by atoms with E-state index in [1.54, 1.807) is 5.38 Å². The van der Waals surface area contributed by atoms with E-state index in [1.165, 1.54) is 11.3 Å². The number of amides is 1. The third kappa shape index (κ3) is 3.52. The molecule has 0 unspecified atom stereocenters. The molecule has 0 aliphatic carbocycles. The summed E-state index contributed by atoms with van der Waals surface area (Å²) in [5, 5.41) is 2.10. The Morgan fingerprint density at radius 2 is 2.37 bits per heavy atom. The molecule has 19 heavy (non-hydrogen) atoms. The van der Waals surface area contributed by atoms with E-state index in [0.717, 1.165) is 15.8 Å². The molecule has 1 amide bonds.